The van der Waals surface area contributed by atoms with Crippen LogP contribution in [0.25, 0.3) is 0 Å². The summed E-state index contributed by atoms with van der Waals surface area (Å²) >= 11 is 0. The van der Waals surface area contributed by atoms with Crippen LogP contribution in [-0.2, 0) is 9.53 Å². The molecule has 0 aromatic heterocycles. The van der Waals surface area contributed by atoms with Gasteiger partial charge in [-0.3, -0.25) is 19.3 Å². The monoisotopic (exact) mass is 408 g/mol. The minimum Gasteiger partial charge on any atom is -0.462 e. The molecule has 0 fully saturated rings. The van der Waals surface area contributed by atoms with Crippen LogP contribution in [0.1, 0.15) is 64.2 Å². The summed E-state index contributed by atoms with van der Waals surface area (Å²) in [6, 6.07) is 11.9. The minimum absolute atomic E-state index is 0.275. The van der Waals surface area contributed by atoms with Gasteiger partial charge in [0, 0.05) is 5.69 Å². The van der Waals surface area contributed by atoms with Gasteiger partial charge in [-0.1, -0.05) is 31.9 Å². The number of hydrogen-bond donors (Lipinski definition) is 1. The van der Waals surface area contributed by atoms with Crippen LogP contribution in [0.5, 0.6) is 0 Å². The van der Waals surface area contributed by atoms with E-state index in [9.17, 15) is 19.2 Å². The summed E-state index contributed by atoms with van der Waals surface area (Å²) in [6.45, 7) is 3.98. The molecule has 1 N–H and O–H groups in total. The van der Waals surface area contributed by atoms with Gasteiger partial charge in [0.05, 0.1) is 23.3 Å². The van der Waals surface area contributed by atoms with Gasteiger partial charge in [0.25, 0.3) is 11.8 Å². The average molecular weight is 408 g/mol. The molecule has 2 aromatic carbocycles. The molecule has 1 aliphatic rings. The predicted octanol–water partition coefficient (Wildman–Crippen LogP) is 3.66. The Bertz CT molecular complexity index is 933. The minimum atomic E-state index is -0.915. The highest BCUT2D eigenvalue weighted by Gasteiger charge is 2.42. The fraction of sp³-hybridized carbons (Fsp3) is 0.304. The van der Waals surface area contributed by atoms with E-state index >= 15 is 0 Å². The molecule has 0 spiro atoms. The first kappa shape index (κ1) is 21.2. The summed E-state index contributed by atoms with van der Waals surface area (Å²) in [5.41, 5.74) is 1.47. The molecule has 3 amide bonds. The Morgan fingerprint density at radius 3 is 2.10 bits per heavy atom. The zero-order valence-electron chi connectivity index (χ0n) is 17.0. The highest BCUT2D eigenvalue weighted by Crippen LogP contribution is 2.27. The Morgan fingerprint density at radius 1 is 0.967 bits per heavy atom. The Kier molecular flexibility index (Phi) is 6.61. The molecule has 3 rings (SSSR count). The second-order valence-corrected chi connectivity index (χ2v) is 6.97. The number of nitrogens with zero attached hydrogens (tertiary/aromatic N) is 1. The van der Waals surface area contributed by atoms with Crippen molar-refractivity contribution >= 4 is 29.4 Å². The third-order valence-electron chi connectivity index (χ3n) is 4.93. The van der Waals surface area contributed by atoms with Crippen LogP contribution >= 0.6 is 0 Å². The van der Waals surface area contributed by atoms with Crippen molar-refractivity contribution in [1.82, 2.24) is 4.90 Å². The number of benzene rings is 2. The highest BCUT2D eigenvalue weighted by atomic mass is 16.5. The number of amides is 3. The zero-order chi connectivity index (χ0) is 21.7. The van der Waals surface area contributed by atoms with Crippen LogP contribution in [0.15, 0.2) is 48.5 Å². The van der Waals surface area contributed by atoms with E-state index in [2.05, 4.69) is 5.32 Å². The highest BCUT2D eigenvalue weighted by molar-refractivity contribution is 6.23. The maximum atomic E-state index is 13.0. The van der Waals surface area contributed by atoms with Crippen LogP contribution in [0, 0.1) is 0 Å². The van der Waals surface area contributed by atoms with Crippen LogP contribution in [0.4, 0.5) is 5.69 Å². The van der Waals surface area contributed by atoms with E-state index in [0.29, 0.717) is 35.2 Å². The number of fused-ring (bicyclic) bond motifs is 1. The molecule has 1 aliphatic heterocycles. The quantitative estimate of drug-likeness (QED) is 0.532. The number of ether oxygens (including phenoxy) is 1. The third-order valence-corrected chi connectivity index (χ3v) is 4.93. The summed E-state index contributed by atoms with van der Waals surface area (Å²) in [5, 5.41) is 2.76. The largest absolute Gasteiger partial charge is 0.462 e. The molecule has 156 valence electrons. The Balaban J connectivity index is 1.79. The topological polar surface area (TPSA) is 92.8 Å². The van der Waals surface area contributed by atoms with E-state index in [4.69, 9.17) is 4.74 Å². The first-order chi connectivity index (χ1) is 14.5. The number of hydrogen-bond acceptors (Lipinski definition) is 5. The van der Waals surface area contributed by atoms with E-state index in [1.807, 2.05) is 6.92 Å². The summed E-state index contributed by atoms with van der Waals surface area (Å²) in [4.78, 5) is 51.5. The number of carbonyl (C=O) groups excluding carboxylic acids is 4. The molecule has 1 unspecified atom stereocenters. The smallest absolute Gasteiger partial charge is 0.338 e. The second-order valence-electron chi connectivity index (χ2n) is 6.97. The van der Waals surface area contributed by atoms with Crippen LogP contribution in [0.3, 0.4) is 0 Å². The van der Waals surface area contributed by atoms with Crippen molar-refractivity contribution in [3.63, 3.8) is 0 Å². The summed E-state index contributed by atoms with van der Waals surface area (Å²) in [6.07, 6.45) is 1.88. The Hall–Kier alpha value is -3.48. The normalized spacial score (nSPS) is 13.7. The molecule has 2 aromatic rings. The lowest BCUT2D eigenvalue weighted by atomic mass is 10.1. The van der Waals surface area contributed by atoms with Crippen LogP contribution in [-0.4, -0.2) is 41.2 Å². The standard InChI is InChI=1S/C23H24N2O5/c1-3-5-10-19(25-21(27)17-8-6-7-9-18(17)22(25)28)20(26)24-16-13-11-15(12-14-16)23(29)30-4-2/h6-9,11-14,19H,3-5,10H2,1-2H3,(H,24,26). The molecule has 30 heavy (non-hydrogen) atoms. The van der Waals surface area contributed by atoms with Gasteiger partial charge in [-0.15, -0.1) is 0 Å². The van der Waals surface area contributed by atoms with Crippen LogP contribution in [0.2, 0.25) is 0 Å². The van der Waals surface area contributed by atoms with Gasteiger partial charge in [-0.05, 0) is 49.7 Å². The summed E-state index contributed by atoms with van der Waals surface area (Å²) in [7, 11) is 0. The lowest BCUT2D eigenvalue weighted by Crippen LogP contribution is -2.47. The predicted molar refractivity (Wildman–Crippen MR) is 111 cm³/mol. The number of nitrogens with one attached hydrogen (secondary N) is 1. The molecule has 0 radical (unpaired) electrons. The fourth-order valence-corrected chi connectivity index (χ4v) is 3.40. The van der Waals surface area contributed by atoms with Gasteiger partial charge >= 0.3 is 5.97 Å². The van der Waals surface area contributed by atoms with E-state index in [1.165, 1.54) is 0 Å². The number of imide groups is 1. The van der Waals surface area contributed by atoms with Crippen molar-refractivity contribution in [2.45, 2.75) is 39.2 Å². The van der Waals surface area contributed by atoms with Crippen LogP contribution < -0.4 is 5.32 Å². The van der Waals surface area contributed by atoms with Gasteiger partial charge < -0.3 is 10.1 Å². The third kappa shape index (κ3) is 4.25. The molecule has 0 saturated heterocycles. The van der Waals surface area contributed by atoms with Crippen molar-refractivity contribution in [3.8, 4) is 0 Å². The fourth-order valence-electron chi connectivity index (χ4n) is 3.40. The number of carbonyl (C=O) groups is 4. The van der Waals surface area contributed by atoms with Gasteiger partial charge in [-0.2, -0.15) is 0 Å². The van der Waals surface area contributed by atoms with Gasteiger partial charge in [0.2, 0.25) is 5.91 Å². The Labute approximate surface area is 175 Å². The first-order valence-corrected chi connectivity index (χ1v) is 10.0. The lowest BCUT2D eigenvalue weighted by molar-refractivity contribution is -0.120. The first-order valence-electron chi connectivity index (χ1n) is 10.0. The number of esters is 1. The molecule has 1 heterocycles. The zero-order valence-corrected chi connectivity index (χ0v) is 17.0. The summed E-state index contributed by atoms with van der Waals surface area (Å²) in [5.74, 6) is -1.79. The van der Waals surface area contributed by atoms with Crippen molar-refractivity contribution in [2.75, 3.05) is 11.9 Å². The molecule has 1 atom stereocenters. The van der Waals surface area contributed by atoms with E-state index in [1.54, 1.807) is 55.5 Å². The lowest BCUT2D eigenvalue weighted by Gasteiger charge is -2.25. The number of anilines is 1. The molecule has 0 aliphatic carbocycles. The molecule has 7 heteroatoms. The van der Waals surface area contributed by atoms with Gasteiger partial charge in [0.1, 0.15) is 6.04 Å². The van der Waals surface area contributed by atoms with Gasteiger partial charge in [0.15, 0.2) is 0 Å². The van der Waals surface area contributed by atoms with E-state index < -0.39 is 29.7 Å². The number of rotatable bonds is 8. The molecule has 7 nitrogen and oxygen atoms in total. The van der Waals surface area contributed by atoms with Crippen molar-refractivity contribution < 1.29 is 23.9 Å². The molecule has 0 saturated carbocycles. The van der Waals surface area contributed by atoms with Crippen molar-refractivity contribution in [1.29, 1.82) is 0 Å². The Morgan fingerprint density at radius 2 is 1.57 bits per heavy atom. The van der Waals surface area contributed by atoms with E-state index in [-0.39, 0.29) is 6.61 Å². The summed E-state index contributed by atoms with van der Waals surface area (Å²) < 4.78 is 4.95. The molecular formula is C23H24N2O5. The maximum absolute atomic E-state index is 13.0. The van der Waals surface area contributed by atoms with Gasteiger partial charge in [-0.25, -0.2) is 4.79 Å². The van der Waals surface area contributed by atoms with Crippen molar-refractivity contribution in [3.05, 3.63) is 65.2 Å². The van der Waals surface area contributed by atoms with Crippen molar-refractivity contribution in [2.24, 2.45) is 0 Å². The SMILES string of the molecule is CCCCC(C(=O)Nc1ccc(C(=O)OCC)cc1)N1C(=O)c2ccccc2C1=O. The molecule has 0 bridgehead atoms. The number of unbranched alkanes of at least 4 members (excludes halogenated alkanes) is 1. The van der Waals surface area contributed by atoms with E-state index in [0.717, 1.165) is 11.3 Å². The molecular weight excluding hydrogens is 384 g/mol. The average Bonchev–Trinajstić information content (AvgIpc) is 3.00. The maximum Gasteiger partial charge on any atom is 0.338 e. The second kappa shape index (κ2) is 9.35.